The summed E-state index contributed by atoms with van der Waals surface area (Å²) in [5.41, 5.74) is 1.81. The molecule has 194 valence electrons. The van der Waals surface area contributed by atoms with Crippen molar-refractivity contribution in [2.75, 3.05) is 39.9 Å². The van der Waals surface area contributed by atoms with Crippen molar-refractivity contribution in [3.63, 3.8) is 0 Å². The van der Waals surface area contributed by atoms with Gasteiger partial charge < -0.3 is 24.1 Å². The first-order chi connectivity index (χ1) is 17.9. The molecule has 0 aliphatic rings. The second-order valence-electron chi connectivity index (χ2n) is 8.41. The number of hydrogen-bond acceptors (Lipinski definition) is 7. The summed E-state index contributed by atoms with van der Waals surface area (Å²) in [7, 11) is 3.95. The summed E-state index contributed by atoms with van der Waals surface area (Å²) in [6.45, 7) is 2.47. The molecule has 4 rings (SSSR count). The van der Waals surface area contributed by atoms with Crippen LogP contribution in [0.3, 0.4) is 0 Å². The number of methoxy groups -OCH3 is 3. The van der Waals surface area contributed by atoms with Gasteiger partial charge in [0.1, 0.15) is 30.0 Å². The molecule has 0 aliphatic carbocycles. The van der Waals surface area contributed by atoms with Gasteiger partial charge in [0, 0.05) is 34.1 Å². The predicted molar refractivity (Wildman–Crippen MR) is 144 cm³/mol. The van der Waals surface area contributed by atoms with E-state index in [2.05, 4.69) is 4.98 Å². The molecule has 0 aliphatic heterocycles. The molecule has 0 saturated heterocycles. The van der Waals surface area contributed by atoms with Gasteiger partial charge in [0.2, 0.25) is 10.6 Å². The fraction of sp³-hybridized carbons (Fsp3) is 0.286. The molecule has 0 bridgehead atoms. The van der Waals surface area contributed by atoms with Crippen molar-refractivity contribution in [1.82, 2.24) is 9.55 Å². The summed E-state index contributed by atoms with van der Waals surface area (Å²) in [6.07, 6.45) is 1.90. The van der Waals surface area contributed by atoms with Crippen molar-refractivity contribution >= 4 is 21.9 Å². The van der Waals surface area contributed by atoms with Crippen molar-refractivity contribution in [3.8, 4) is 28.7 Å². The quantitative estimate of drug-likeness (QED) is 0.294. The Balaban J connectivity index is 1.63. The third-order valence-electron chi connectivity index (χ3n) is 5.99. The molecular formula is C28H30N2O6S. The minimum atomic E-state index is -0.666. The number of benzene rings is 2. The Hall–Kier alpha value is -3.85. The summed E-state index contributed by atoms with van der Waals surface area (Å²) in [5, 5.41) is 13.9. The molecule has 2 heterocycles. The van der Waals surface area contributed by atoms with E-state index in [0.29, 0.717) is 52.9 Å². The maximum atomic E-state index is 13.7. The van der Waals surface area contributed by atoms with Gasteiger partial charge in [0.25, 0.3) is 0 Å². The van der Waals surface area contributed by atoms with Crippen molar-refractivity contribution in [1.29, 1.82) is 0 Å². The van der Waals surface area contributed by atoms with Crippen LogP contribution in [0, 0.1) is 6.92 Å². The van der Waals surface area contributed by atoms with E-state index in [-0.39, 0.29) is 16.2 Å². The summed E-state index contributed by atoms with van der Waals surface area (Å²) in [5.74, 6) is 2.19. The Morgan fingerprint density at radius 1 is 0.973 bits per heavy atom. The largest absolute Gasteiger partial charge is 0.868 e. The monoisotopic (exact) mass is 522 g/mol. The fourth-order valence-corrected chi connectivity index (χ4v) is 5.48. The van der Waals surface area contributed by atoms with Gasteiger partial charge in [-0.3, -0.25) is 9.36 Å². The Kier molecular flexibility index (Phi) is 8.13. The lowest BCUT2D eigenvalue weighted by atomic mass is 10.2. The number of hydrogen-bond donors (Lipinski definition) is 0. The van der Waals surface area contributed by atoms with E-state index >= 15 is 0 Å². The van der Waals surface area contributed by atoms with Crippen molar-refractivity contribution < 1.29 is 24.1 Å². The average Bonchev–Trinajstić information content (AvgIpc) is 2.91. The zero-order chi connectivity index (χ0) is 26.5. The molecule has 1 atom stereocenters. The van der Waals surface area contributed by atoms with E-state index in [1.807, 2.05) is 43.5 Å². The molecule has 2 aromatic carbocycles. The van der Waals surface area contributed by atoms with Crippen LogP contribution in [-0.2, 0) is 17.4 Å². The Morgan fingerprint density at radius 2 is 1.65 bits per heavy atom. The van der Waals surface area contributed by atoms with Crippen molar-refractivity contribution in [2.24, 2.45) is 0 Å². The van der Waals surface area contributed by atoms with Crippen LogP contribution in [0.5, 0.6) is 28.7 Å². The van der Waals surface area contributed by atoms with Crippen LogP contribution >= 0.6 is 0 Å². The normalized spacial score (nSPS) is 11.8. The second-order valence-corrected chi connectivity index (χ2v) is 10.5. The lowest BCUT2D eigenvalue weighted by Gasteiger charge is -2.19. The Labute approximate surface area is 218 Å². The summed E-state index contributed by atoms with van der Waals surface area (Å²) < 4.78 is 23.7. The first-order valence-corrected chi connectivity index (χ1v) is 13.5. The molecular weight excluding hydrogens is 492 g/mol. The topological polar surface area (TPSA) is 94.9 Å². The minimum absolute atomic E-state index is 0.266. The lowest BCUT2D eigenvalue weighted by molar-refractivity contribution is -0.270. The number of fused-ring (bicyclic) bond motifs is 1. The highest BCUT2D eigenvalue weighted by atomic mass is 32.2. The lowest BCUT2D eigenvalue weighted by Crippen LogP contribution is -2.31. The maximum absolute atomic E-state index is 13.7. The second kappa shape index (κ2) is 11.5. The summed E-state index contributed by atoms with van der Waals surface area (Å²) in [4.78, 5) is 18.5. The van der Waals surface area contributed by atoms with Crippen LogP contribution in [0.2, 0.25) is 0 Å². The average molecular weight is 523 g/mol. The zero-order valence-corrected chi connectivity index (χ0v) is 22.4. The minimum Gasteiger partial charge on any atom is -0.868 e. The predicted octanol–water partition coefficient (Wildman–Crippen LogP) is 3.54. The highest BCUT2D eigenvalue weighted by molar-refractivity contribution is 7.96. The number of aryl methyl sites for hydroxylation is 1. The first kappa shape index (κ1) is 26.2. The van der Waals surface area contributed by atoms with Gasteiger partial charge in [0.15, 0.2) is 11.5 Å². The molecule has 37 heavy (non-hydrogen) atoms. The summed E-state index contributed by atoms with van der Waals surface area (Å²) >= 11 is 0. The number of pyridine rings is 2. The highest BCUT2D eigenvalue weighted by Gasteiger charge is 2.26. The molecule has 0 spiro atoms. The molecule has 0 N–H and O–H groups in total. The van der Waals surface area contributed by atoms with Crippen LogP contribution < -0.4 is 29.6 Å². The van der Waals surface area contributed by atoms with Gasteiger partial charge in [-0.1, -0.05) is 30.3 Å². The maximum Gasteiger partial charge on any atom is 0.307 e. The van der Waals surface area contributed by atoms with Crippen LogP contribution in [0.15, 0.2) is 64.3 Å². The van der Waals surface area contributed by atoms with E-state index in [4.69, 9.17) is 18.9 Å². The van der Waals surface area contributed by atoms with Gasteiger partial charge in [-0.15, -0.1) is 0 Å². The molecule has 9 heteroatoms. The molecule has 8 nitrogen and oxygen atoms in total. The molecule has 0 amide bonds. The Bertz CT molecular complexity index is 1430. The van der Waals surface area contributed by atoms with Crippen LogP contribution in [-0.4, -0.2) is 49.5 Å². The Morgan fingerprint density at radius 3 is 2.27 bits per heavy atom. The molecule has 4 aromatic rings. The molecule has 2 aromatic heterocycles. The van der Waals surface area contributed by atoms with Gasteiger partial charge in [-0.25, -0.2) is 4.98 Å². The fourth-order valence-electron chi connectivity index (χ4n) is 4.11. The SMILES string of the molecule is COc1cc(OCC[S+](C)c2c([O-])c3ccc(C)nc3n(Cc3ccccc3)c2=O)cc(OC)c1OC. The smallest absolute Gasteiger partial charge is 0.307 e. The van der Waals surface area contributed by atoms with Gasteiger partial charge >= 0.3 is 5.56 Å². The van der Waals surface area contributed by atoms with E-state index in [9.17, 15) is 9.90 Å². The number of aromatic nitrogens is 2. The molecule has 0 radical (unpaired) electrons. The van der Waals surface area contributed by atoms with E-state index < -0.39 is 10.9 Å². The van der Waals surface area contributed by atoms with Crippen LogP contribution in [0.25, 0.3) is 11.0 Å². The van der Waals surface area contributed by atoms with E-state index in [0.717, 1.165) is 11.3 Å². The summed E-state index contributed by atoms with van der Waals surface area (Å²) in [6, 6.07) is 16.7. The molecule has 0 fully saturated rings. The number of rotatable bonds is 10. The standard InChI is InChI=1S/C28H30N2O6S/c1-18-11-12-21-24(31)26(28(32)30(27(21)29-18)17-19-9-7-6-8-10-19)37(5)14-13-36-20-15-22(33-2)25(35-4)23(16-20)34-3/h6-12,15-16H,13-14,17H2,1-5H3. The van der Waals surface area contributed by atoms with E-state index in [1.165, 1.54) is 21.3 Å². The van der Waals surface area contributed by atoms with Gasteiger partial charge in [-0.2, -0.15) is 0 Å². The van der Waals surface area contributed by atoms with E-state index in [1.54, 1.807) is 28.8 Å². The van der Waals surface area contributed by atoms with Gasteiger partial charge in [-0.05, 0) is 30.4 Å². The number of nitrogens with zero attached hydrogens (tertiary/aromatic N) is 2. The molecule has 0 saturated carbocycles. The van der Waals surface area contributed by atoms with Crippen molar-refractivity contribution in [2.45, 2.75) is 18.4 Å². The first-order valence-electron chi connectivity index (χ1n) is 11.7. The number of ether oxygens (including phenoxy) is 4. The zero-order valence-electron chi connectivity index (χ0n) is 21.6. The highest BCUT2D eigenvalue weighted by Crippen LogP contribution is 2.40. The van der Waals surface area contributed by atoms with Crippen molar-refractivity contribution in [3.05, 3.63) is 76.2 Å². The molecule has 1 unspecified atom stereocenters. The third-order valence-corrected chi connectivity index (χ3v) is 7.82. The van der Waals surface area contributed by atoms with Crippen LogP contribution in [0.4, 0.5) is 0 Å². The van der Waals surface area contributed by atoms with Gasteiger partial charge in [0.05, 0.1) is 27.9 Å². The van der Waals surface area contributed by atoms with Crippen LogP contribution in [0.1, 0.15) is 11.3 Å². The third kappa shape index (κ3) is 5.46.